The highest BCUT2D eigenvalue weighted by molar-refractivity contribution is 9.10. The van der Waals surface area contributed by atoms with Gasteiger partial charge in [-0.15, -0.1) is 0 Å². The van der Waals surface area contributed by atoms with Crippen LogP contribution in [0.4, 0.5) is 0 Å². The van der Waals surface area contributed by atoms with E-state index in [1.54, 1.807) is 10.9 Å². The summed E-state index contributed by atoms with van der Waals surface area (Å²) in [6.45, 7) is 8.19. The number of aliphatic hydroxyl groups is 1. The van der Waals surface area contributed by atoms with E-state index < -0.39 is 8.07 Å². The van der Waals surface area contributed by atoms with Gasteiger partial charge in [0.05, 0.1) is 6.61 Å². The highest BCUT2D eigenvalue weighted by Crippen LogP contribution is 2.14. The van der Waals surface area contributed by atoms with Gasteiger partial charge in [0.25, 0.3) is 0 Å². The minimum Gasteiger partial charge on any atom is -0.392 e. The van der Waals surface area contributed by atoms with Crippen LogP contribution in [0.5, 0.6) is 0 Å². The van der Waals surface area contributed by atoms with Crippen molar-refractivity contribution in [2.75, 3.05) is 6.61 Å². The van der Waals surface area contributed by atoms with Crippen molar-refractivity contribution in [3.05, 3.63) is 16.4 Å². The third-order valence-corrected chi connectivity index (χ3v) is 4.55. The van der Waals surface area contributed by atoms with Crippen LogP contribution >= 0.6 is 15.9 Å². The van der Waals surface area contributed by atoms with Crippen LogP contribution in [-0.4, -0.2) is 29.6 Å². The fourth-order valence-electron chi connectivity index (χ4n) is 1.15. The zero-order chi connectivity index (χ0) is 12.2. The average molecular weight is 307 g/mol. The molecule has 0 saturated carbocycles. The predicted molar refractivity (Wildman–Crippen MR) is 70.0 cm³/mol. The number of rotatable bonds is 6. The quantitative estimate of drug-likeness (QED) is 0.649. The molecule has 0 aliphatic heterocycles. The first-order valence-electron chi connectivity index (χ1n) is 5.33. The third-order valence-electron chi connectivity index (χ3n) is 2.18. The second kappa shape index (κ2) is 5.95. The Morgan fingerprint density at radius 2 is 2.19 bits per heavy atom. The normalized spacial score (nSPS) is 12.1. The van der Waals surface area contributed by atoms with E-state index in [9.17, 15) is 0 Å². The van der Waals surface area contributed by atoms with Crippen LogP contribution < -0.4 is 0 Å². The molecule has 1 rings (SSSR count). The fourth-order valence-corrected chi connectivity index (χ4v) is 2.34. The van der Waals surface area contributed by atoms with Gasteiger partial charge in [0.1, 0.15) is 11.3 Å². The number of ether oxygens (including phenoxy) is 1. The monoisotopic (exact) mass is 306 g/mol. The van der Waals surface area contributed by atoms with Gasteiger partial charge in [-0.25, -0.2) is 4.68 Å². The molecule has 4 nitrogen and oxygen atoms in total. The summed E-state index contributed by atoms with van der Waals surface area (Å²) in [5, 5.41) is 13.2. The van der Waals surface area contributed by atoms with E-state index in [-0.39, 0.29) is 6.61 Å². The van der Waals surface area contributed by atoms with Gasteiger partial charge in [-0.2, -0.15) is 5.10 Å². The molecular weight excluding hydrogens is 288 g/mol. The number of halogens is 1. The van der Waals surface area contributed by atoms with E-state index in [1.807, 2.05) is 0 Å². The average Bonchev–Trinajstić information content (AvgIpc) is 2.52. The summed E-state index contributed by atoms with van der Waals surface area (Å²) in [5.41, 5.74) is 0.786. The Morgan fingerprint density at radius 3 is 2.69 bits per heavy atom. The van der Waals surface area contributed by atoms with Crippen LogP contribution in [0.2, 0.25) is 25.7 Å². The van der Waals surface area contributed by atoms with Crippen LogP contribution in [0.25, 0.3) is 0 Å². The largest absolute Gasteiger partial charge is 0.392 e. The lowest BCUT2D eigenvalue weighted by Crippen LogP contribution is -2.22. The van der Waals surface area contributed by atoms with Crippen LogP contribution in [0.15, 0.2) is 10.8 Å². The highest BCUT2D eigenvalue weighted by atomic mass is 79.9. The molecule has 1 aromatic heterocycles. The Labute approximate surface area is 106 Å². The lowest BCUT2D eigenvalue weighted by molar-refractivity contribution is 0.0782. The maximum atomic E-state index is 8.99. The molecular formula is C10H19BrN2O2Si. The molecule has 16 heavy (non-hydrogen) atoms. The van der Waals surface area contributed by atoms with Crippen molar-refractivity contribution >= 4 is 24.0 Å². The van der Waals surface area contributed by atoms with Gasteiger partial charge in [0, 0.05) is 26.4 Å². The van der Waals surface area contributed by atoms with Gasteiger partial charge in [0.2, 0.25) is 0 Å². The Bertz CT molecular complexity index is 336. The van der Waals surface area contributed by atoms with E-state index >= 15 is 0 Å². The number of aliphatic hydroxyl groups excluding tert-OH is 1. The van der Waals surface area contributed by atoms with E-state index in [0.717, 1.165) is 18.2 Å². The first-order chi connectivity index (χ1) is 7.42. The lowest BCUT2D eigenvalue weighted by atomic mass is 10.4. The predicted octanol–water partition coefficient (Wildman–Crippen LogP) is 2.45. The Balaban J connectivity index is 2.32. The molecule has 0 aliphatic rings. The Hall–Kier alpha value is -0.173. The van der Waals surface area contributed by atoms with E-state index in [4.69, 9.17) is 9.84 Å². The molecule has 1 aromatic rings. The van der Waals surface area contributed by atoms with Crippen molar-refractivity contribution in [2.45, 2.75) is 39.0 Å². The molecule has 0 saturated heterocycles. The van der Waals surface area contributed by atoms with Crippen molar-refractivity contribution < 1.29 is 9.84 Å². The molecule has 1 N–H and O–H groups in total. The molecule has 0 fully saturated rings. The summed E-state index contributed by atoms with van der Waals surface area (Å²) in [7, 11) is -1.01. The first kappa shape index (κ1) is 13.9. The van der Waals surface area contributed by atoms with Crippen LogP contribution in [0, 0.1) is 0 Å². The number of hydrogen-bond donors (Lipinski definition) is 1. The maximum absolute atomic E-state index is 8.99. The molecule has 0 atom stereocenters. The van der Waals surface area contributed by atoms with Crippen LogP contribution in [0.1, 0.15) is 5.56 Å². The Kier molecular flexibility index (Phi) is 5.17. The smallest absolute Gasteiger partial charge is 0.139 e. The molecule has 6 heteroatoms. The molecule has 1 heterocycles. The minimum absolute atomic E-state index is 0.00448. The number of hydrogen-bond acceptors (Lipinski definition) is 3. The van der Waals surface area contributed by atoms with E-state index in [1.165, 1.54) is 0 Å². The molecule has 0 aromatic carbocycles. The van der Waals surface area contributed by atoms with Gasteiger partial charge in [-0.1, -0.05) is 19.6 Å². The van der Waals surface area contributed by atoms with Gasteiger partial charge in [0.15, 0.2) is 0 Å². The lowest BCUT2D eigenvalue weighted by Gasteiger charge is -2.15. The Morgan fingerprint density at radius 1 is 1.50 bits per heavy atom. The fraction of sp³-hybridized carbons (Fsp3) is 0.700. The molecule has 0 radical (unpaired) electrons. The van der Waals surface area contributed by atoms with Gasteiger partial charge in [-0.3, -0.25) is 0 Å². The van der Waals surface area contributed by atoms with Crippen molar-refractivity contribution in [2.24, 2.45) is 0 Å². The second-order valence-electron chi connectivity index (χ2n) is 4.99. The number of nitrogens with zero attached hydrogens (tertiary/aromatic N) is 2. The summed E-state index contributed by atoms with van der Waals surface area (Å²) in [4.78, 5) is 0. The summed E-state index contributed by atoms with van der Waals surface area (Å²) in [6.07, 6.45) is 1.79. The van der Waals surface area contributed by atoms with E-state index in [0.29, 0.717) is 11.3 Å². The van der Waals surface area contributed by atoms with Crippen molar-refractivity contribution in [1.82, 2.24) is 9.78 Å². The van der Waals surface area contributed by atoms with Gasteiger partial charge >= 0.3 is 0 Å². The van der Waals surface area contributed by atoms with E-state index in [2.05, 4.69) is 40.7 Å². The van der Waals surface area contributed by atoms with Gasteiger partial charge < -0.3 is 9.84 Å². The van der Waals surface area contributed by atoms with Crippen LogP contribution in [0.3, 0.4) is 0 Å². The van der Waals surface area contributed by atoms with Crippen molar-refractivity contribution in [3.8, 4) is 0 Å². The minimum atomic E-state index is -1.01. The van der Waals surface area contributed by atoms with Crippen LogP contribution in [-0.2, 0) is 18.1 Å². The zero-order valence-electron chi connectivity index (χ0n) is 10.0. The third kappa shape index (κ3) is 4.78. The molecule has 0 unspecified atom stereocenters. The summed E-state index contributed by atoms with van der Waals surface area (Å²) in [6, 6.07) is 1.16. The molecule has 92 valence electrons. The topological polar surface area (TPSA) is 47.3 Å². The molecule has 0 aliphatic carbocycles. The van der Waals surface area contributed by atoms with Gasteiger partial charge in [-0.05, 0) is 22.0 Å². The summed E-state index contributed by atoms with van der Waals surface area (Å²) in [5.74, 6) is 0. The van der Waals surface area contributed by atoms with Crippen molar-refractivity contribution in [3.63, 3.8) is 0 Å². The highest BCUT2D eigenvalue weighted by Gasteiger charge is 2.12. The standard InChI is InChI=1S/C10H19BrN2O2Si/c1-16(2,3)5-4-15-8-13-6-9(7-14)10(11)12-13/h6,14H,4-5,7-8H2,1-3H3. The SMILES string of the molecule is C[Si](C)(C)CCOCn1cc(CO)c(Br)n1. The maximum Gasteiger partial charge on any atom is 0.139 e. The zero-order valence-corrected chi connectivity index (χ0v) is 12.6. The first-order valence-corrected chi connectivity index (χ1v) is 9.83. The summed E-state index contributed by atoms with van der Waals surface area (Å²) < 4.78 is 7.92. The molecule has 0 amide bonds. The molecule has 0 bridgehead atoms. The summed E-state index contributed by atoms with van der Waals surface area (Å²) >= 11 is 3.28. The number of aromatic nitrogens is 2. The van der Waals surface area contributed by atoms with Crippen molar-refractivity contribution in [1.29, 1.82) is 0 Å². The second-order valence-corrected chi connectivity index (χ2v) is 11.4. The molecule has 0 spiro atoms.